The van der Waals surface area contributed by atoms with Crippen molar-refractivity contribution in [1.82, 2.24) is 5.32 Å². The van der Waals surface area contributed by atoms with Gasteiger partial charge in [-0.2, -0.15) is 0 Å². The number of guanidine groups is 1. The van der Waals surface area contributed by atoms with Crippen LogP contribution in [0.25, 0.3) is 6.08 Å². The van der Waals surface area contributed by atoms with Gasteiger partial charge in [-0.3, -0.25) is 21.3 Å². The molecule has 1 amide bonds. The zero-order chi connectivity index (χ0) is 15.7. The molecule has 0 heterocycles. The van der Waals surface area contributed by atoms with Gasteiger partial charge in [-0.15, -0.1) is 0 Å². The molecule has 1 atom stereocenters. The minimum Gasteiger partial charge on any atom is -0.508 e. The normalized spacial score (nSPS) is 12.0. The Bertz CT molecular complexity index is 507. The molecule has 0 fully saturated rings. The number of benzene rings is 1. The number of rotatable bonds is 7. The van der Waals surface area contributed by atoms with Gasteiger partial charge in [0, 0.05) is 12.6 Å². The Morgan fingerprint density at radius 3 is 2.62 bits per heavy atom. The van der Waals surface area contributed by atoms with Gasteiger partial charge in [-0.25, -0.2) is 0 Å². The first-order valence-corrected chi connectivity index (χ1v) is 6.52. The number of aliphatic hydroxyl groups is 1. The van der Waals surface area contributed by atoms with Crippen LogP contribution in [0.15, 0.2) is 30.3 Å². The maximum absolute atomic E-state index is 11.5. The van der Waals surface area contributed by atoms with E-state index in [0.29, 0.717) is 13.0 Å². The summed E-state index contributed by atoms with van der Waals surface area (Å²) >= 11 is 0. The molecule has 0 aliphatic carbocycles. The molecule has 1 aromatic rings. The molecule has 0 radical (unpaired) electrons. The molecular formula is C14H21N4O3+. The second-order valence-electron chi connectivity index (χ2n) is 4.49. The van der Waals surface area contributed by atoms with Crippen LogP contribution in [-0.4, -0.2) is 41.3 Å². The van der Waals surface area contributed by atoms with Gasteiger partial charge in [0.2, 0.25) is 5.91 Å². The molecule has 1 rings (SSSR count). The predicted molar refractivity (Wildman–Crippen MR) is 80.0 cm³/mol. The van der Waals surface area contributed by atoms with Gasteiger partial charge < -0.3 is 15.5 Å². The summed E-state index contributed by atoms with van der Waals surface area (Å²) in [5.74, 6) is -0.0300. The Balaban J connectivity index is 2.28. The molecular weight excluding hydrogens is 272 g/mol. The molecule has 0 bridgehead atoms. The van der Waals surface area contributed by atoms with E-state index in [9.17, 15) is 9.90 Å². The van der Waals surface area contributed by atoms with E-state index in [1.165, 1.54) is 6.08 Å². The molecule has 0 spiro atoms. The van der Waals surface area contributed by atoms with Gasteiger partial charge in [-0.05, 0) is 30.2 Å². The van der Waals surface area contributed by atoms with Crippen LogP contribution >= 0.6 is 0 Å². The molecule has 8 N–H and O–H groups in total. The molecule has 7 heteroatoms. The molecule has 0 saturated heterocycles. The predicted octanol–water partition coefficient (Wildman–Crippen LogP) is -2.37. The van der Waals surface area contributed by atoms with Crippen molar-refractivity contribution in [3.8, 4) is 5.75 Å². The summed E-state index contributed by atoms with van der Waals surface area (Å²) < 4.78 is 0. The Hall–Kier alpha value is -2.54. The molecule has 114 valence electrons. The van der Waals surface area contributed by atoms with E-state index in [2.05, 4.69) is 10.3 Å². The first kappa shape index (κ1) is 16.5. The third kappa shape index (κ3) is 7.58. The zero-order valence-electron chi connectivity index (χ0n) is 11.6. The van der Waals surface area contributed by atoms with Crippen molar-refractivity contribution < 1.29 is 20.0 Å². The Labute approximate surface area is 123 Å². The zero-order valence-corrected chi connectivity index (χ0v) is 11.6. The number of phenols is 1. The number of aromatic hydroxyl groups is 1. The second kappa shape index (κ2) is 8.60. The summed E-state index contributed by atoms with van der Waals surface area (Å²) in [6, 6.07) is 6.48. The highest BCUT2D eigenvalue weighted by atomic mass is 16.3. The summed E-state index contributed by atoms with van der Waals surface area (Å²) in [6.45, 7) is 0.577. The number of amides is 1. The van der Waals surface area contributed by atoms with Crippen LogP contribution < -0.4 is 21.8 Å². The molecule has 0 aliphatic heterocycles. The fraction of sp³-hybridized carbons (Fsp3) is 0.286. The van der Waals surface area contributed by atoms with Crippen LogP contribution in [-0.2, 0) is 4.79 Å². The lowest BCUT2D eigenvalue weighted by Gasteiger charge is -2.07. The molecule has 0 aliphatic rings. The van der Waals surface area contributed by atoms with Crippen molar-refractivity contribution in [2.75, 3.05) is 13.1 Å². The molecule has 21 heavy (non-hydrogen) atoms. The quantitative estimate of drug-likeness (QED) is 0.190. The topological polar surface area (TPSA) is 136 Å². The maximum Gasteiger partial charge on any atom is 0.338 e. The van der Waals surface area contributed by atoms with E-state index in [0.717, 1.165) is 5.56 Å². The summed E-state index contributed by atoms with van der Waals surface area (Å²) in [6.07, 6.45) is 2.77. The maximum atomic E-state index is 11.5. The Morgan fingerprint density at radius 1 is 1.33 bits per heavy atom. The highest BCUT2D eigenvalue weighted by Crippen LogP contribution is 2.10. The van der Waals surface area contributed by atoms with Crippen molar-refractivity contribution in [2.45, 2.75) is 12.5 Å². The van der Waals surface area contributed by atoms with Crippen molar-refractivity contribution in [2.24, 2.45) is 11.5 Å². The summed E-state index contributed by atoms with van der Waals surface area (Å²) in [5.41, 5.74) is 11.2. The lowest BCUT2D eigenvalue weighted by Crippen LogP contribution is -2.80. The minimum absolute atomic E-state index is 0.0508. The lowest BCUT2D eigenvalue weighted by molar-refractivity contribution is -0.471. The fourth-order valence-corrected chi connectivity index (χ4v) is 1.52. The van der Waals surface area contributed by atoms with Crippen LogP contribution in [0.5, 0.6) is 5.75 Å². The van der Waals surface area contributed by atoms with Crippen LogP contribution in [0, 0.1) is 0 Å². The fourth-order valence-electron chi connectivity index (χ4n) is 1.52. The van der Waals surface area contributed by atoms with E-state index in [-0.39, 0.29) is 24.2 Å². The van der Waals surface area contributed by atoms with Gasteiger partial charge in [0.25, 0.3) is 0 Å². The van der Waals surface area contributed by atoms with Crippen molar-refractivity contribution >= 4 is 17.9 Å². The number of aliphatic hydroxyl groups excluding tert-OH is 1. The van der Waals surface area contributed by atoms with Crippen molar-refractivity contribution in [3.63, 3.8) is 0 Å². The standard InChI is InChI=1S/C14H20N4O3/c15-14(16)18-9-12(20)7-8-17-13(21)6-3-10-1-4-11(19)5-2-10/h1-6,12,19-20H,7-9H2,(H,17,21)(H4,15,16,18)/p+1/b6-3+. The molecule has 0 aromatic heterocycles. The molecule has 1 aromatic carbocycles. The first-order chi connectivity index (χ1) is 9.97. The average Bonchev–Trinajstić information content (AvgIpc) is 2.44. The molecule has 7 nitrogen and oxygen atoms in total. The van der Waals surface area contributed by atoms with E-state index < -0.39 is 6.10 Å². The summed E-state index contributed by atoms with van der Waals surface area (Å²) in [7, 11) is 0. The van der Waals surface area contributed by atoms with Gasteiger partial charge in [-0.1, -0.05) is 12.1 Å². The van der Waals surface area contributed by atoms with E-state index >= 15 is 0 Å². The van der Waals surface area contributed by atoms with Gasteiger partial charge in [0.05, 0.1) is 12.6 Å². The summed E-state index contributed by atoms with van der Waals surface area (Å²) in [4.78, 5) is 14.2. The van der Waals surface area contributed by atoms with Crippen LogP contribution in [0.2, 0.25) is 0 Å². The van der Waals surface area contributed by atoms with Crippen LogP contribution in [0.3, 0.4) is 0 Å². The molecule has 1 unspecified atom stereocenters. The van der Waals surface area contributed by atoms with Crippen LogP contribution in [0.1, 0.15) is 12.0 Å². The largest absolute Gasteiger partial charge is 0.508 e. The van der Waals surface area contributed by atoms with Crippen LogP contribution in [0.4, 0.5) is 0 Å². The van der Waals surface area contributed by atoms with Gasteiger partial charge in [0.1, 0.15) is 5.75 Å². The molecule has 0 saturated carbocycles. The van der Waals surface area contributed by atoms with Crippen molar-refractivity contribution in [3.05, 3.63) is 35.9 Å². The number of hydrogen-bond donors (Lipinski definition) is 6. The van der Waals surface area contributed by atoms with Crippen molar-refractivity contribution in [1.29, 1.82) is 0 Å². The third-order valence-electron chi connectivity index (χ3n) is 2.64. The third-order valence-corrected chi connectivity index (χ3v) is 2.64. The highest BCUT2D eigenvalue weighted by Gasteiger charge is 2.04. The number of nitrogens with two attached hydrogens (primary N) is 2. The Kier molecular flexibility index (Phi) is 6.76. The highest BCUT2D eigenvalue weighted by molar-refractivity contribution is 5.91. The number of carbonyl (C=O) groups excluding carboxylic acids is 1. The SMILES string of the molecule is NC(N)=[NH+]CC(O)CCNC(=O)/C=C/c1ccc(O)cc1. The number of hydrogen-bond acceptors (Lipinski definition) is 3. The number of nitrogens with one attached hydrogen (secondary N) is 2. The monoisotopic (exact) mass is 293 g/mol. The van der Waals surface area contributed by atoms with E-state index in [1.54, 1.807) is 30.3 Å². The van der Waals surface area contributed by atoms with E-state index in [4.69, 9.17) is 16.6 Å². The smallest absolute Gasteiger partial charge is 0.338 e. The summed E-state index contributed by atoms with van der Waals surface area (Å²) in [5, 5.41) is 21.3. The second-order valence-corrected chi connectivity index (χ2v) is 4.49. The minimum atomic E-state index is -0.645. The van der Waals surface area contributed by atoms with Gasteiger partial charge >= 0.3 is 5.96 Å². The average molecular weight is 293 g/mol. The lowest BCUT2D eigenvalue weighted by atomic mass is 10.2. The number of carbonyl (C=O) groups is 1. The first-order valence-electron chi connectivity index (χ1n) is 6.52. The Morgan fingerprint density at radius 2 is 2.00 bits per heavy atom. The van der Waals surface area contributed by atoms with E-state index in [1.807, 2.05) is 0 Å². The number of phenolic OH excluding ortho intramolecular Hbond substituents is 1. The van der Waals surface area contributed by atoms with Gasteiger partial charge in [0.15, 0.2) is 0 Å².